The van der Waals surface area contributed by atoms with Gasteiger partial charge < -0.3 is 10.3 Å². The van der Waals surface area contributed by atoms with Gasteiger partial charge in [0.2, 0.25) is 0 Å². The Hall–Kier alpha value is -2.00. The minimum Gasteiger partial charge on any atom is -0.379 e. The second kappa shape index (κ2) is 4.70. The molecule has 0 fully saturated rings. The van der Waals surface area contributed by atoms with Crippen molar-refractivity contribution in [2.45, 2.75) is 6.54 Å². The van der Waals surface area contributed by atoms with Gasteiger partial charge >= 0.3 is 0 Å². The number of benzene rings is 2. The predicted octanol–water partition coefficient (Wildman–Crippen LogP) is 3.83. The van der Waals surface area contributed by atoms with Gasteiger partial charge in [0, 0.05) is 11.6 Å². The monoisotopic (exact) mass is 257 g/mol. The maximum atomic E-state index is 5.96. The zero-order valence-electron chi connectivity index (χ0n) is 9.65. The summed E-state index contributed by atoms with van der Waals surface area (Å²) < 4.78 is 0. The van der Waals surface area contributed by atoms with E-state index in [9.17, 15) is 0 Å². The number of imidazole rings is 1. The fourth-order valence-corrected chi connectivity index (χ4v) is 2.17. The van der Waals surface area contributed by atoms with Crippen LogP contribution < -0.4 is 5.32 Å². The van der Waals surface area contributed by atoms with Gasteiger partial charge in [-0.1, -0.05) is 29.8 Å². The number of hydrogen-bond donors (Lipinski definition) is 2. The quantitative estimate of drug-likeness (QED) is 0.749. The zero-order valence-corrected chi connectivity index (χ0v) is 10.4. The molecule has 3 aromatic rings. The maximum Gasteiger partial charge on any atom is 0.111 e. The molecule has 0 bridgehead atoms. The Kier molecular flexibility index (Phi) is 2.90. The summed E-state index contributed by atoms with van der Waals surface area (Å²) >= 11 is 5.96. The zero-order chi connectivity index (χ0) is 12.4. The lowest BCUT2D eigenvalue weighted by molar-refractivity contribution is 1.15. The number of nitrogens with one attached hydrogen (secondary N) is 2. The van der Waals surface area contributed by atoms with Crippen molar-refractivity contribution in [3.8, 4) is 0 Å². The molecule has 0 aliphatic heterocycles. The first-order valence-electron chi connectivity index (χ1n) is 5.73. The second-order valence-electron chi connectivity index (χ2n) is 4.09. The fraction of sp³-hybridized carbons (Fsp3) is 0.0714. The summed E-state index contributed by atoms with van der Waals surface area (Å²) in [4.78, 5) is 7.40. The fourth-order valence-electron chi connectivity index (χ4n) is 1.95. The molecular formula is C14H12ClN3. The molecule has 0 saturated heterocycles. The molecule has 4 heteroatoms. The van der Waals surface area contributed by atoms with Crippen molar-refractivity contribution < 1.29 is 0 Å². The molecule has 0 unspecified atom stereocenters. The van der Waals surface area contributed by atoms with Crippen molar-refractivity contribution >= 4 is 28.3 Å². The first-order valence-corrected chi connectivity index (χ1v) is 6.11. The van der Waals surface area contributed by atoms with Gasteiger partial charge in [-0.05, 0) is 29.8 Å². The van der Waals surface area contributed by atoms with Crippen LogP contribution in [0.5, 0.6) is 0 Å². The number of nitrogens with zero attached hydrogens (tertiary/aromatic N) is 1. The van der Waals surface area contributed by atoms with Crippen LogP contribution >= 0.6 is 11.6 Å². The Morgan fingerprint density at radius 2 is 2.06 bits per heavy atom. The molecule has 3 rings (SSSR count). The summed E-state index contributed by atoms with van der Waals surface area (Å²) in [5, 5.41) is 4.13. The lowest BCUT2D eigenvalue weighted by Gasteiger charge is -2.07. The number of para-hydroxylation sites is 1. The molecule has 0 spiro atoms. The van der Waals surface area contributed by atoms with E-state index in [1.807, 2.05) is 42.5 Å². The minimum atomic E-state index is 0.729. The van der Waals surface area contributed by atoms with Gasteiger partial charge in [-0.3, -0.25) is 0 Å². The largest absolute Gasteiger partial charge is 0.379 e. The maximum absolute atomic E-state index is 5.96. The van der Waals surface area contributed by atoms with Gasteiger partial charge in [-0.15, -0.1) is 0 Å². The highest BCUT2D eigenvalue weighted by Crippen LogP contribution is 2.20. The van der Waals surface area contributed by atoms with E-state index < -0.39 is 0 Å². The molecule has 3 nitrogen and oxygen atoms in total. The van der Waals surface area contributed by atoms with Crippen molar-refractivity contribution in [3.63, 3.8) is 0 Å². The first kappa shape index (κ1) is 11.1. The Bertz CT molecular complexity index is 675. The number of aromatic amines is 1. The molecule has 2 N–H and O–H groups in total. The first-order chi connectivity index (χ1) is 8.83. The van der Waals surface area contributed by atoms with Crippen LogP contribution in [0.1, 0.15) is 5.56 Å². The lowest BCUT2D eigenvalue weighted by atomic mass is 10.2. The summed E-state index contributed by atoms with van der Waals surface area (Å²) in [5.74, 6) is 0. The van der Waals surface area contributed by atoms with Crippen molar-refractivity contribution in [3.05, 3.63) is 59.4 Å². The van der Waals surface area contributed by atoms with Crippen LogP contribution in [0, 0.1) is 0 Å². The van der Waals surface area contributed by atoms with Crippen LogP contribution in [-0.2, 0) is 6.54 Å². The van der Waals surface area contributed by atoms with E-state index in [1.54, 1.807) is 6.33 Å². The highest BCUT2D eigenvalue weighted by atomic mass is 35.5. The van der Waals surface area contributed by atoms with Crippen LogP contribution in [0.25, 0.3) is 11.0 Å². The van der Waals surface area contributed by atoms with Crippen molar-refractivity contribution in [2.24, 2.45) is 0 Å². The molecule has 2 aromatic carbocycles. The van der Waals surface area contributed by atoms with Gasteiger partial charge in [0.15, 0.2) is 0 Å². The van der Waals surface area contributed by atoms with Gasteiger partial charge in [-0.25, -0.2) is 4.98 Å². The van der Waals surface area contributed by atoms with Crippen LogP contribution in [0.3, 0.4) is 0 Å². The number of anilines is 1. The molecule has 1 heterocycles. The van der Waals surface area contributed by atoms with E-state index in [0.717, 1.165) is 33.9 Å². The van der Waals surface area contributed by atoms with Gasteiger partial charge in [0.1, 0.15) is 5.52 Å². The number of H-pyrrole nitrogens is 1. The van der Waals surface area contributed by atoms with E-state index >= 15 is 0 Å². The van der Waals surface area contributed by atoms with Gasteiger partial charge in [0.05, 0.1) is 17.5 Å². The highest BCUT2D eigenvalue weighted by molar-refractivity contribution is 6.30. The Morgan fingerprint density at radius 1 is 1.17 bits per heavy atom. The standard InChI is InChI=1S/C14H12ClN3/c15-11-4-1-3-10(7-11)8-16-12-5-2-6-13-14(12)18-9-17-13/h1-7,9,16H,8H2,(H,17,18). The summed E-state index contributed by atoms with van der Waals surface area (Å²) in [6.45, 7) is 0.729. The van der Waals surface area contributed by atoms with Crippen molar-refractivity contribution in [1.82, 2.24) is 9.97 Å². The molecule has 1 aromatic heterocycles. The molecule has 0 amide bonds. The molecule has 90 valence electrons. The summed E-state index contributed by atoms with van der Waals surface area (Å²) in [5.41, 5.74) is 4.16. The van der Waals surface area contributed by atoms with E-state index in [0.29, 0.717) is 0 Å². The molecule has 0 radical (unpaired) electrons. The van der Waals surface area contributed by atoms with Crippen molar-refractivity contribution in [2.75, 3.05) is 5.32 Å². The smallest absolute Gasteiger partial charge is 0.111 e. The molecule has 18 heavy (non-hydrogen) atoms. The Morgan fingerprint density at radius 3 is 2.94 bits per heavy atom. The van der Waals surface area contributed by atoms with Crippen LogP contribution in [-0.4, -0.2) is 9.97 Å². The van der Waals surface area contributed by atoms with Gasteiger partial charge in [0.25, 0.3) is 0 Å². The highest BCUT2D eigenvalue weighted by Gasteiger charge is 2.02. The third kappa shape index (κ3) is 2.17. The number of aromatic nitrogens is 2. The molecule has 0 aliphatic rings. The normalized spacial score (nSPS) is 10.7. The van der Waals surface area contributed by atoms with E-state index in [4.69, 9.17) is 11.6 Å². The third-order valence-electron chi connectivity index (χ3n) is 2.82. The Labute approximate surface area is 110 Å². The van der Waals surface area contributed by atoms with E-state index in [1.165, 1.54) is 0 Å². The van der Waals surface area contributed by atoms with Crippen LogP contribution in [0.4, 0.5) is 5.69 Å². The number of rotatable bonds is 3. The molecular weight excluding hydrogens is 246 g/mol. The van der Waals surface area contributed by atoms with Crippen LogP contribution in [0.2, 0.25) is 5.02 Å². The molecule has 0 saturated carbocycles. The topological polar surface area (TPSA) is 40.7 Å². The number of fused-ring (bicyclic) bond motifs is 1. The summed E-state index contributed by atoms with van der Waals surface area (Å²) in [6, 6.07) is 13.9. The van der Waals surface area contributed by atoms with E-state index in [-0.39, 0.29) is 0 Å². The average Bonchev–Trinajstić information content (AvgIpc) is 2.85. The third-order valence-corrected chi connectivity index (χ3v) is 3.06. The SMILES string of the molecule is Clc1cccc(CNc2cccc3[nH]cnc23)c1. The number of halogens is 1. The van der Waals surface area contributed by atoms with Crippen LogP contribution in [0.15, 0.2) is 48.8 Å². The average molecular weight is 258 g/mol. The molecule has 0 aliphatic carbocycles. The van der Waals surface area contributed by atoms with Gasteiger partial charge in [-0.2, -0.15) is 0 Å². The van der Waals surface area contributed by atoms with Crippen molar-refractivity contribution in [1.29, 1.82) is 0 Å². The van der Waals surface area contributed by atoms with E-state index in [2.05, 4.69) is 15.3 Å². The predicted molar refractivity (Wildman–Crippen MR) is 74.9 cm³/mol. The Balaban J connectivity index is 1.83. The summed E-state index contributed by atoms with van der Waals surface area (Å²) in [6.07, 6.45) is 1.70. The lowest BCUT2D eigenvalue weighted by Crippen LogP contribution is -1.99. The molecule has 0 atom stereocenters. The minimum absolute atomic E-state index is 0.729. The second-order valence-corrected chi connectivity index (χ2v) is 4.52. The summed E-state index contributed by atoms with van der Waals surface area (Å²) in [7, 11) is 0. The number of hydrogen-bond acceptors (Lipinski definition) is 2.